The molecule has 0 aromatic heterocycles. The Morgan fingerprint density at radius 2 is 1.25 bits per heavy atom. The van der Waals surface area contributed by atoms with E-state index in [1.807, 2.05) is 0 Å². The lowest BCUT2D eigenvalue weighted by molar-refractivity contribution is -0.153. The van der Waals surface area contributed by atoms with Gasteiger partial charge in [0.05, 0.1) is 0 Å². The molecule has 0 aromatic carbocycles. The molecule has 0 saturated heterocycles. The Morgan fingerprint density at radius 3 is 1.97 bits per heavy atom. The number of carbonyl (C=O) groups is 1. The Labute approximate surface area is 200 Å². The summed E-state index contributed by atoms with van der Waals surface area (Å²) >= 11 is 0. The molecule has 6 atom stereocenters. The monoisotopic (exact) mass is 446 g/mol. The average Bonchev–Trinajstić information content (AvgIpc) is 2.81. The number of esters is 1. The first-order valence-electron chi connectivity index (χ1n) is 14.9. The van der Waals surface area contributed by atoms with Gasteiger partial charge in [-0.1, -0.05) is 90.9 Å². The van der Waals surface area contributed by atoms with E-state index in [2.05, 4.69) is 13.8 Å². The highest BCUT2D eigenvalue weighted by molar-refractivity contribution is 5.69. The molecular weight excluding hydrogens is 392 g/mol. The third kappa shape index (κ3) is 8.35. The Bertz CT molecular complexity index is 515. The molecule has 0 aliphatic heterocycles. The van der Waals surface area contributed by atoms with Gasteiger partial charge < -0.3 is 4.74 Å². The van der Waals surface area contributed by atoms with E-state index < -0.39 is 0 Å². The van der Waals surface area contributed by atoms with Crippen molar-refractivity contribution < 1.29 is 9.53 Å². The lowest BCUT2D eigenvalue weighted by Crippen LogP contribution is -2.43. The van der Waals surface area contributed by atoms with Crippen molar-refractivity contribution in [3.05, 3.63) is 0 Å². The molecule has 3 rings (SSSR count). The zero-order valence-electron chi connectivity index (χ0n) is 21.6. The van der Waals surface area contributed by atoms with Crippen molar-refractivity contribution in [2.75, 3.05) is 0 Å². The van der Waals surface area contributed by atoms with Gasteiger partial charge >= 0.3 is 5.97 Å². The summed E-state index contributed by atoms with van der Waals surface area (Å²) in [5.41, 5.74) is 0. The molecule has 32 heavy (non-hydrogen) atoms. The first kappa shape index (κ1) is 26.1. The second-order valence-corrected chi connectivity index (χ2v) is 11.7. The van der Waals surface area contributed by atoms with Gasteiger partial charge in [0.15, 0.2) is 0 Å². The molecule has 3 saturated carbocycles. The molecule has 0 spiro atoms. The number of rotatable bonds is 14. The molecule has 0 bridgehead atoms. The quantitative estimate of drug-likeness (QED) is 0.196. The van der Waals surface area contributed by atoms with Crippen LogP contribution in [0.4, 0.5) is 0 Å². The standard InChI is InChI=1S/C30H54O2/c1-3-5-7-9-10-11-13-15-30(31)32-27-19-21-29-26(23-27)18-17-25-22-24(16-20-28(25)29)14-12-8-6-4-2/h24-29H,3-23H2,1-2H3/t24-,25?,26?,27-,28?,29?/m1/s1. The average molecular weight is 447 g/mol. The molecule has 0 amide bonds. The summed E-state index contributed by atoms with van der Waals surface area (Å²) in [6, 6.07) is 0. The predicted octanol–water partition coefficient (Wildman–Crippen LogP) is 9.25. The van der Waals surface area contributed by atoms with Gasteiger partial charge in [-0.25, -0.2) is 0 Å². The van der Waals surface area contributed by atoms with Crippen molar-refractivity contribution in [1.29, 1.82) is 0 Å². The van der Waals surface area contributed by atoms with E-state index in [9.17, 15) is 4.79 Å². The van der Waals surface area contributed by atoms with Gasteiger partial charge in [0.2, 0.25) is 0 Å². The summed E-state index contributed by atoms with van der Waals surface area (Å²) in [4.78, 5) is 12.4. The molecule has 186 valence electrons. The summed E-state index contributed by atoms with van der Waals surface area (Å²) in [6.07, 6.45) is 27.9. The maximum absolute atomic E-state index is 12.4. The first-order chi connectivity index (χ1) is 15.7. The van der Waals surface area contributed by atoms with E-state index in [-0.39, 0.29) is 12.1 Å². The van der Waals surface area contributed by atoms with Gasteiger partial charge in [-0.2, -0.15) is 0 Å². The second-order valence-electron chi connectivity index (χ2n) is 11.7. The third-order valence-corrected chi connectivity index (χ3v) is 9.35. The minimum atomic E-state index is 0.0827. The van der Waals surface area contributed by atoms with Crippen LogP contribution in [0.3, 0.4) is 0 Å². The van der Waals surface area contributed by atoms with Crippen LogP contribution in [0.5, 0.6) is 0 Å². The van der Waals surface area contributed by atoms with Crippen LogP contribution in [0, 0.1) is 29.6 Å². The van der Waals surface area contributed by atoms with Crippen LogP contribution >= 0.6 is 0 Å². The molecule has 2 nitrogen and oxygen atoms in total. The largest absolute Gasteiger partial charge is 0.462 e. The molecule has 3 aliphatic carbocycles. The molecule has 0 aromatic rings. The molecular formula is C30H54O2. The van der Waals surface area contributed by atoms with Gasteiger partial charge in [0, 0.05) is 6.42 Å². The van der Waals surface area contributed by atoms with E-state index >= 15 is 0 Å². The fourth-order valence-corrected chi connectivity index (χ4v) is 7.55. The zero-order valence-corrected chi connectivity index (χ0v) is 21.6. The minimum Gasteiger partial charge on any atom is -0.462 e. The van der Waals surface area contributed by atoms with Crippen molar-refractivity contribution in [2.24, 2.45) is 29.6 Å². The summed E-state index contributed by atoms with van der Waals surface area (Å²) in [7, 11) is 0. The fourth-order valence-electron chi connectivity index (χ4n) is 7.55. The predicted molar refractivity (Wildman–Crippen MR) is 136 cm³/mol. The SMILES string of the molecule is CCCCCCCCCC(=O)O[C@@H]1CCC2C(CCC3C[C@H](CCCCCC)CCC32)C1. The van der Waals surface area contributed by atoms with E-state index in [4.69, 9.17) is 4.74 Å². The second kappa shape index (κ2) is 14.7. The number of carbonyl (C=O) groups excluding carboxylic acids is 1. The van der Waals surface area contributed by atoms with E-state index in [0.717, 1.165) is 48.9 Å². The van der Waals surface area contributed by atoms with E-state index in [0.29, 0.717) is 6.42 Å². The van der Waals surface area contributed by atoms with Gasteiger partial charge in [-0.15, -0.1) is 0 Å². The van der Waals surface area contributed by atoms with Crippen LogP contribution in [-0.4, -0.2) is 12.1 Å². The van der Waals surface area contributed by atoms with Crippen molar-refractivity contribution >= 4 is 5.97 Å². The van der Waals surface area contributed by atoms with Gasteiger partial charge in [0.25, 0.3) is 0 Å². The molecule has 0 heterocycles. The van der Waals surface area contributed by atoms with Gasteiger partial charge in [-0.05, 0) is 81.0 Å². The maximum atomic E-state index is 12.4. The molecule has 4 unspecified atom stereocenters. The number of unbranched alkanes of at least 4 members (excludes halogenated alkanes) is 9. The summed E-state index contributed by atoms with van der Waals surface area (Å²) in [5, 5.41) is 0. The highest BCUT2D eigenvalue weighted by Crippen LogP contribution is 2.53. The van der Waals surface area contributed by atoms with E-state index in [1.165, 1.54) is 109 Å². The lowest BCUT2D eigenvalue weighted by atomic mass is 9.56. The van der Waals surface area contributed by atoms with E-state index in [1.54, 1.807) is 0 Å². The van der Waals surface area contributed by atoms with Crippen molar-refractivity contribution in [2.45, 2.75) is 155 Å². The summed E-state index contributed by atoms with van der Waals surface area (Å²) < 4.78 is 5.96. The molecule has 3 aliphatic rings. The van der Waals surface area contributed by atoms with Crippen LogP contribution in [-0.2, 0) is 9.53 Å². The van der Waals surface area contributed by atoms with Gasteiger partial charge in [-0.3, -0.25) is 4.79 Å². The molecule has 3 fully saturated rings. The lowest BCUT2D eigenvalue weighted by Gasteiger charge is -2.50. The van der Waals surface area contributed by atoms with Crippen LogP contribution in [0.2, 0.25) is 0 Å². The third-order valence-electron chi connectivity index (χ3n) is 9.35. The van der Waals surface area contributed by atoms with Crippen LogP contribution in [0.15, 0.2) is 0 Å². The summed E-state index contributed by atoms with van der Waals surface area (Å²) in [6.45, 7) is 4.58. The molecule has 0 radical (unpaired) electrons. The highest BCUT2D eigenvalue weighted by Gasteiger charge is 2.44. The zero-order chi connectivity index (χ0) is 22.6. The van der Waals surface area contributed by atoms with Crippen molar-refractivity contribution in [3.63, 3.8) is 0 Å². The normalized spacial score (nSPS) is 32.2. The Morgan fingerprint density at radius 1 is 0.656 bits per heavy atom. The molecule has 2 heteroatoms. The van der Waals surface area contributed by atoms with Crippen molar-refractivity contribution in [1.82, 2.24) is 0 Å². The van der Waals surface area contributed by atoms with Crippen molar-refractivity contribution in [3.8, 4) is 0 Å². The Kier molecular flexibility index (Phi) is 12.0. The smallest absolute Gasteiger partial charge is 0.306 e. The Balaban J connectivity index is 1.31. The van der Waals surface area contributed by atoms with Crippen LogP contribution in [0.25, 0.3) is 0 Å². The molecule has 0 N–H and O–H groups in total. The number of ether oxygens (including phenoxy) is 1. The number of fused-ring (bicyclic) bond motifs is 3. The van der Waals surface area contributed by atoms with Gasteiger partial charge in [0.1, 0.15) is 6.10 Å². The summed E-state index contributed by atoms with van der Waals surface area (Å²) in [5.74, 6) is 4.88. The van der Waals surface area contributed by atoms with Crippen LogP contribution in [0.1, 0.15) is 149 Å². The van der Waals surface area contributed by atoms with Crippen LogP contribution < -0.4 is 0 Å². The Hall–Kier alpha value is -0.530. The number of hydrogen-bond donors (Lipinski definition) is 0. The minimum absolute atomic E-state index is 0.0827. The highest BCUT2D eigenvalue weighted by atomic mass is 16.5. The maximum Gasteiger partial charge on any atom is 0.306 e. The fraction of sp³-hybridized carbons (Fsp3) is 0.967. The topological polar surface area (TPSA) is 26.3 Å². The number of hydrogen-bond acceptors (Lipinski definition) is 2. The first-order valence-corrected chi connectivity index (χ1v) is 14.9.